The molecule has 0 heterocycles. The first-order chi connectivity index (χ1) is 18.2. The molecule has 0 saturated heterocycles. The van der Waals surface area contributed by atoms with Gasteiger partial charge in [0.05, 0.1) is 11.8 Å². The van der Waals surface area contributed by atoms with Crippen LogP contribution >= 0.6 is 0 Å². The van der Waals surface area contributed by atoms with Crippen molar-refractivity contribution < 1.29 is 19.4 Å². The number of amides is 1. The van der Waals surface area contributed by atoms with Crippen LogP contribution in [0.25, 0.3) is 0 Å². The molecule has 0 aliphatic heterocycles. The van der Waals surface area contributed by atoms with E-state index in [9.17, 15) is 9.59 Å². The van der Waals surface area contributed by atoms with Crippen LogP contribution < -0.4 is 10.1 Å². The lowest BCUT2D eigenvalue weighted by atomic mass is 10.0. The lowest BCUT2D eigenvalue weighted by Crippen LogP contribution is -2.33. The van der Waals surface area contributed by atoms with Crippen LogP contribution in [0.2, 0.25) is 0 Å². The number of nitrogens with one attached hydrogen (secondary N) is 1. The van der Waals surface area contributed by atoms with Gasteiger partial charge < -0.3 is 20.1 Å². The first kappa shape index (κ1) is 31.7. The molecule has 2 aromatic carbocycles. The topological polar surface area (TPSA) is 103 Å². The number of carbonyl (C=O) groups excluding carboxylic acids is 1. The monoisotopic (exact) mass is 517 g/mol. The van der Waals surface area contributed by atoms with Crippen molar-refractivity contribution >= 4 is 11.9 Å². The number of benzene rings is 2. The van der Waals surface area contributed by atoms with Crippen molar-refractivity contribution in [2.24, 2.45) is 0 Å². The second kappa shape index (κ2) is 17.2. The van der Waals surface area contributed by atoms with Crippen molar-refractivity contribution in [1.29, 1.82) is 5.26 Å². The second-order valence-corrected chi connectivity index (χ2v) is 8.41. The molecule has 2 N–H and O–H groups in total. The summed E-state index contributed by atoms with van der Waals surface area (Å²) in [5.41, 5.74) is 3.92. The molecule has 1 amide bonds. The fourth-order valence-electron chi connectivity index (χ4n) is 3.49. The molecule has 0 aliphatic rings. The van der Waals surface area contributed by atoms with Gasteiger partial charge in [0.2, 0.25) is 0 Å². The molecule has 0 saturated carbocycles. The summed E-state index contributed by atoms with van der Waals surface area (Å²) in [6, 6.07) is 15.2. The van der Waals surface area contributed by atoms with Crippen LogP contribution in [0.15, 0.2) is 78.5 Å². The van der Waals surface area contributed by atoms with Gasteiger partial charge in [0.25, 0.3) is 5.91 Å². The molecule has 0 aliphatic carbocycles. The summed E-state index contributed by atoms with van der Waals surface area (Å²) >= 11 is 0. The lowest BCUT2D eigenvalue weighted by molar-refractivity contribution is -0.137. The Morgan fingerprint density at radius 3 is 2.50 bits per heavy atom. The Morgan fingerprint density at radius 1 is 1.16 bits per heavy atom. The number of allylic oxidation sites excluding steroid dienone is 3. The molecule has 0 spiro atoms. The number of carboxylic acid groups (broad SMARTS) is 1. The van der Waals surface area contributed by atoms with Crippen LogP contribution in [0.3, 0.4) is 0 Å². The average molecular weight is 518 g/mol. The molecule has 2 aromatic rings. The Kier molecular flexibility index (Phi) is 14.4. The minimum absolute atomic E-state index is 0.0886. The summed E-state index contributed by atoms with van der Waals surface area (Å²) in [6.45, 7) is 12.2. The molecule has 7 nitrogen and oxygen atoms in total. The highest BCUT2D eigenvalue weighted by Crippen LogP contribution is 2.25. The Balaban J connectivity index is 0.00000352. The van der Waals surface area contributed by atoms with Crippen molar-refractivity contribution in [1.82, 2.24) is 10.2 Å². The maximum atomic E-state index is 12.9. The first-order valence-electron chi connectivity index (χ1n) is 12.7. The van der Waals surface area contributed by atoms with Crippen LogP contribution in [0.5, 0.6) is 11.5 Å². The van der Waals surface area contributed by atoms with Crippen molar-refractivity contribution in [3.05, 3.63) is 95.2 Å². The third-order valence-electron chi connectivity index (χ3n) is 5.47. The quantitative estimate of drug-likeness (QED) is 0.183. The Bertz CT molecular complexity index is 1190. The van der Waals surface area contributed by atoms with Crippen molar-refractivity contribution in [3.8, 4) is 17.6 Å². The normalized spacial score (nSPS) is 10.9. The molecule has 0 fully saturated rings. The van der Waals surface area contributed by atoms with Crippen LogP contribution in [-0.4, -0.2) is 35.5 Å². The van der Waals surface area contributed by atoms with Gasteiger partial charge in [-0.05, 0) is 67.6 Å². The smallest absolute Gasteiger partial charge is 0.303 e. The number of nitriles is 1. The summed E-state index contributed by atoms with van der Waals surface area (Å²) < 4.78 is 6.00. The second-order valence-electron chi connectivity index (χ2n) is 8.41. The van der Waals surface area contributed by atoms with E-state index in [1.807, 2.05) is 70.3 Å². The number of carbonyl (C=O) groups is 2. The van der Waals surface area contributed by atoms with E-state index in [4.69, 9.17) is 15.1 Å². The Hall–Kier alpha value is -4.31. The molecule has 0 radical (unpaired) electrons. The van der Waals surface area contributed by atoms with Crippen LogP contribution in [0, 0.1) is 18.3 Å². The maximum absolute atomic E-state index is 12.9. The molecule has 0 aromatic heterocycles. The van der Waals surface area contributed by atoms with E-state index < -0.39 is 5.97 Å². The Labute approximate surface area is 226 Å². The number of carboxylic acids is 1. The van der Waals surface area contributed by atoms with Gasteiger partial charge in [-0.15, -0.1) is 6.58 Å². The van der Waals surface area contributed by atoms with Gasteiger partial charge in [0.15, 0.2) is 0 Å². The van der Waals surface area contributed by atoms with E-state index in [0.717, 1.165) is 16.7 Å². The third kappa shape index (κ3) is 11.2. The van der Waals surface area contributed by atoms with E-state index in [1.54, 1.807) is 30.1 Å². The summed E-state index contributed by atoms with van der Waals surface area (Å²) in [6.07, 6.45) is 6.33. The number of rotatable bonds is 13. The van der Waals surface area contributed by atoms with Crippen molar-refractivity contribution in [2.75, 3.05) is 13.6 Å². The summed E-state index contributed by atoms with van der Waals surface area (Å²) in [5.74, 6) is 0.252. The largest absolute Gasteiger partial charge is 0.481 e. The van der Waals surface area contributed by atoms with Gasteiger partial charge in [-0.1, -0.05) is 50.3 Å². The van der Waals surface area contributed by atoms with Crippen molar-refractivity contribution in [3.63, 3.8) is 0 Å². The Morgan fingerprint density at radius 2 is 1.87 bits per heavy atom. The molecular weight excluding hydrogens is 478 g/mol. The number of aliphatic carboxylic acids is 1. The van der Waals surface area contributed by atoms with Gasteiger partial charge in [-0.2, -0.15) is 5.26 Å². The van der Waals surface area contributed by atoms with E-state index in [1.165, 1.54) is 0 Å². The zero-order valence-corrected chi connectivity index (χ0v) is 23.1. The van der Waals surface area contributed by atoms with E-state index in [-0.39, 0.29) is 12.3 Å². The molecule has 0 atom stereocenters. The minimum Gasteiger partial charge on any atom is -0.481 e. The fraction of sp³-hybridized carbons (Fsp3) is 0.323. The average Bonchev–Trinajstić information content (AvgIpc) is 2.90. The van der Waals surface area contributed by atoms with Crippen molar-refractivity contribution in [2.45, 2.75) is 53.5 Å². The summed E-state index contributed by atoms with van der Waals surface area (Å²) in [7, 11) is 1.82. The molecule has 0 unspecified atom stereocenters. The maximum Gasteiger partial charge on any atom is 0.303 e. The third-order valence-corrected chi connectivity index (χ3v) is 5.47. The standard InChI is InChI=1S/C29H33N3O4.C2H6/c1-5-16-32(4)27(11-6-8-21(2)19-30)29(35)31-20-23-9-7-10-25(18-23)36-26-14-12-24(22(3)17-26)13-15-28(33)34;1-2/h5,7-12,14,17-18H,1,6,13,15-16,20H2,2-4H3,(H,31,35)(H,33,34);1-2H3/b21-8+,27-11-;. The highest BCUT2D eigenvalue weighted by molar-refractivity contribution is 5.92. The molecule has 7 heteroatoms. The number of likely N-dealkylation sites (N-methyl/N-ethyl adjacent to an activating group) is 1. The van der Waals surface area contributed by atoms with Crippen LogP contribution in [-0.2, 0) is 22.6 Å². The molecular formula is C31H39N3O4. The SMILES string of the molecule is C=CCN(C)/C(=C\C/C=C(\C)C#N)C(=O)NCc1cccc(Oc2ccc(CCC(=O)O)c(C)c2)c1.CC. The zero-order chi connectivity index (χ0) is 28.5. The van der Waals surface area contributed by atoms with E-state index >= 15 is 0 Å². The zero-order valence-electron chi connectivity index (χ0n) is 23.1. The van der Waals surface area contributed by atoms with Gasteiger partial charge in [0.1, 0.15) is 11.5 Å². The molecule has 202 valence electrons. The number of hydrogen-bond acceptors (Lipinski definition) is 5. The number of hydrogen-bond donors (Lipinski definition) is 2. The number of nitrogens with zero attached hydrogens (tertiary/aromatic N) is 2. The van der Waals surface area contributed by atoms with Gasteiger partial charge >= 0.3 is 5.97 Å². The minimum atomic E-state index is -0.820. The van der Waals surface area contributed by atoms with Crippen LogP contribution in [0.4, 0.5) is 0 Å². The molecule has 0 bridgehead atoms. The van der Waals surface area contributed by atoms with Gasteiger partial charge in [-0.25, -0.2) is 0 Å². The van der Waals surface area contributed by atoms with Gasteiger partial charge in [0, 0.05) is 32.1 Å². The summed E-state index contributed by atoms with van der Waals surface area (Å²) in [4.78, 5) is 25.5. The fourth-order valence-corrected chi connectivity index (χ4v) is 3.49. The summed E-state index contributed by atoms with van der Waals surface area (Å²) in [5, 5.41) is 20.8. The number of aryl methyl sites for hydroxylation is 2. The number of ether oxygens (including phenoxy) is 1. The first-order valence-corrected chi connectivity index (χ1v) is 12.7. The highest BCUT2D eigenvalue weighted by Gasteiger charge is 2.13. The van der Waals surface area contributed by atoms with Crippen LogP contribution in [0.1, 0.15) is 50.3 Å². The molecule has 38 heavy (non-hydrogen) atoms. The van der Waals surface area contributed by atoms with E-state index in [2.05, 4.69) is 18.0 Å². The highest BCUT2D eigenvalue weighted by atomic mass is 16.5. The lowest BCUT2D eigenvalue weighted by Gasteiger charge is -2.20. The van der Waals surface area contributed by atoms with Gasteiger partial charge in [-0.3, -0.25) is 9.59 Å². The predicted molar refractivity (Wildman–Crippen MR) is 152 cm³/mol. The van der Waals surface area contributed by atoms with E-state index in [0.29, 0.717) is 48.7 Å². The molecule has 2 rings (SSSR count). The predicted octanol–water partition coefficient (Wildman–Crippen LogP) is 6.31.